The number of nitrogens with zero attached hydrogens (tertiary/aromatic N) is 1. The minimum absolute atomic E-state index is 0.847. The molecule has 0 aromatic heterocycles. The highest BCUT2D eigenvalue weighted by Gasteiger charge is 1.99. The Morgan fingerprint density at radius 2 is 2.33 bits per heavy atom. The highest BCUT2D eigenvalue weighted by Crippen LogP contribution is 2.22. The number of hydrogen-bond donors (Lipinski definition) is 0. The number of thiocarbonyl (C=S) groups is 1. The van der Waals surface area contributed by atoms with Crippen LogP contribution in [0.4, 0.5) is 5.69 Å². The Hall–Kier alpha value is -0.500. The quantitative estimate of drug-likeness (QED) is 0.438. The second-order valence-electron chi connectivity index (χ2n) is 2.40. The van der Waals surface area contributed by atoms with Gasteiger partial charge < -0.3 is 0 Å². The zero-order chi connectivity index (χ0) is 8.97. The van der Waals surface area contributed by atoms with E-state index in [1.54, 1.807) is 0 Å². The van der Waals surface area contributed by atoms with Gasteiger partial charge in [-0.05, 0) is 36.3 Å². The Morgan fingerprint density at radius 1 is 1.58 bits per heavy atom. The largest absolute Gasteiger partial charge is 0.194 e. The molecule has 0 N–H and O–H groups in total. The smallest absolute Gasteiger partial charge is 0.0771 e. The van der Waals surface area contributed by atoms with E-state index in [0.717, 1.165) is 16.6 Å². The average Bonchev–Trinajstić information content (AvgIpc) is 2.09. The zero-order valence-corrected chi connectivity index (χ0v) is 9.08. The van der Waals surface area contributed by atoms with Gasteiger partial charge in [0.05, 0.1) is 10.8 Å². The molecule has 0 aliphatic rings. The van der Waals surface area contributed by atoms with Crippen LogP contribution in [-0.4, -0.2) is 5.16 Å². The Kier molecular flexibility index (Phi) is 3.60. The number of aliphatic imine (C=N–C) groups is 1. The van der Waals surface area contributed by atoms with E-state index >= 15 is 0 Å². The summed E-state index contributed by atoms with van der Waals surface area (Å²) < 4.78 is 0. The summed E-state index contributed by atoms with van der Waals surface area (Å²) in [6.07, 6.45) is 0. The van der Waals surface area contributed by atoms with Crippen molar-refractivity contribution in [2.45, 2.75) is 12.3 Å². The number of rotatable bonds is 2. The van der Waals surface area contributed by atoms with Gasteiger partial charge in [0.2, 0.25) is 0 Å². The lowest BCUT2D eigenvalue weighted by atomic mass is 10.1. The van der Waals surface area contributed by atoms with Crippen LogP contribution in [0.5, 0.6) is 0 Å². The lowest BCUT2D eigenvalue weighted by Gasteiger charge is -2.02. The molecule has 1 aromatic carbocycles. The minimum Gasteiger partial charge on any atom is -0.194 e. The van der Waals surface area contributed by atoms with Gasteiger partial charge in [-0.15, -0.1) is 0 Å². The summed E-state index contributed by atoms with van der Waals surface area (Å²) in [5.74, 6) is 0. The van der Waals surface area contributed by atoms with Crippen LogP contribution >= 0.6 is 28.1 Å². The Balaban J connectivity index is 3.22. The van der Waals surface area contributed by atoms with Gasteiger partial charge in [-0.25, -0.2) is 0 Å². The topological polar surface area (TPSA) is 12.4 Å². The van der Waals surface area contributed by atoms with Gasteiger partial charge in [-0.2, -0.15) is 4.99 Å². The minimum atomic E-state index is 0.847. The molecule has 0 spiro atoms. The van der Waals surface area contributed by atoms with Gasteiger partial charge in [0.15, 0.2) is 0 Å². The molecule has 0 radical (unpaired) electrons. The highest BCUT2D eigenvalue weighted by atomic mass is 79.9. The highest BCUT2D eigenvalue weighted by molar-refractivity contribution is 9.08. The molecule has 12 heavy (non-hydrogen) atoms. The molecule has 0 amide bonds. The van der Waals surface area contributed by atoms with Gasteiger partial charge in [0, 0.05) is 5.33 Å². The molecule has 0 heterocycles. The molecule has 1 nitrogen and oxygen atoms in total. The molecule has 0 bridgehead atoms. The van der Waals surface area contributed by atoms with Crippen LogP contribution in [0.15, 0.2) is 23.2 Å². The first-order valence-corrected chi connectivity index (χ1v) is 5.05. The predicted molar refractivity (Wildman–Crippen MR) is 58.5 cm³/mol. The Morgan fingerprint density at radius 3 is 2.92 bits per heavy atom. The van der Waals surface area contributed by atoms with Gasteiger partial charge in [0.25, 0.3) is 0 Å². The van der Waals surface area contributed by atoms with Crippen molar-refractivity contribution in [3.8, 4) is 0 Å². The number of benzene rings is 1. The normalized spacial score (nSPS) is 9.17. The van der Waals surface area contributed by atoms with Crippen LogP contribution in [0, 0.1) is 6.92 Å². The Labute approximate surface area is 85.6 Å². The molecule has 62 valence electrons. The number of isothiocyanates is 1. The maximum absolute atomic E-state index is 4.54. The zero-order valence-electron chi connectivity index (χ0n) is 6.67. The van der Waals surface area contributed by atoms with Crippen LogP contribution in [0.25, 0.3) is 0 Å². The van der Waals surface area contributed by atoms with Crippen molar-refractivity contribution in [1.82, 2.24) is 0 Å². The SMILES string of the molecule is Cc1c(CBr)cccc1N=C=S. The van der Waals surface area contributed by atoms with Crippen LogP contribution < -0.4 is 0 Å². The second-order valence-corrected chi connectivity index (χ2v) is 3.14. The fourth-order valence-corrected chi connectivity index (χ4v) is 1.69. The first-order chi connectivity index (χ1) is 5.79. The molecule has 0 unspecified atom stereocenters. The van der Waals surface area contributed by atoms with E-state index in [4.69, 9.17) is 0 Å². The molecule has 0 saturated carbocycles. The molecular formula is C9H8BrNS. The van der Waals surface area contributed by atoms with E-state index in [2.05, 4.69) is 44.4 Å². The van der Waals surface area contributed by atoms with Crippen molar-refractivity contribution >= 4 is 39.0 Å². The number of hydrogen-bond acceptors (Lipinski definition) is 2. The van der Waals surface area contributed by atoms with Crippen molar-refractivity contribution in [2.24, 2.45) is 4.99 Å². The Bertz CT molecular complexity index is 329. The van der Waals surface area contributed by atoms with Crippen LogP contribution in [0.3, 0.4) is 0 Å². The molecule has 0 atom stereocenters. The molecule has 0 fully saturated rings. The van der Waals surface area contributed by atoms with Gasteiger partial charge in [0.1, 0.15) is 0 Å². The van der Waals surface area contributed by atoms with E-state index in [-0.39, 0.29) is 0 Å². The third-order valence-electron chi connectivity index (χ3n) is 1.73. The van der Waals surface area contributed by atoms with Crippen LogP contribution in [0.2, 0.25) is 0 Å². The van der Waals surface area contributed by atoms with Gasteiger partial charge in [-0.3, -0.25) is 0 Å². The van der Waals surface area contributed by atoms with Crippen molar-refractivity contribution in [3.05, 3.63) is 29.3 Å². The molecule has 0 aliphatic heterocycles. The summed E-state index contributed by atoms with van der Waals surface area (Å²) in [4.78, 5) is 3.96. The monoisotopic (exact) mass is 241 g/mol. The van der Waals surface area contributed by atoms with E-state index in [0.29, 0.717) is 0 Å². The van der Waals surface area contributed by atoms with Crippen LogP contribution in [0.1, 0.15) is 11.1 Å². The van der Waals surface area contributed by atoms with Gasteiger partial charge >= 0.3 is 0 Å². The fraction of sp³-hybridized carbons (Fsp3) is 0.222. The summed E-state index contributed by atoms with van der Waals surface area (Å²) in [5.41, 5.74) is 3.30. The lowest BCUT2D eigenvalue weighted by Crippen LogP contribution is -1.83. The molecule has 3 heteroatoms. The van der Waals surface area contributed by atoms with Crippen LogP contribution in [-0.2, 0) is 5.33 Å². The van der Waals surface area contributed by atoms with Crippen molar-refractivity contribution in [3.63, 3.8) is 0 Å². The summed E-state index contributed by atoms with van der Waals surface area (Å²) in [6.45, 7) is 2.03. The van der Waals surface area contributed by atoms with E-state index in [9.17, 15) is 0 Å². The summed E-state index contributed by atoms with van der Waals surface area (Å²) in [6, 6.07) is 5.96. The van der Waals surface area contributed by atoms with E-state index in [1.165, 1.54) is 5.56 Å². The third-order valence-corrected chi connectivity index (χ3v) is 2.42. The summed E-state index contributed by atoms with van der Waals surface area (Å²) in [7, 11) is 0. The first-order valence-electron chi connectivity index (χ1n) is 3.52. The summed E-state index contributed by atoms with van der Waals surface area (Å²) in [5, 5.41) is 3.22. The molecule has 0 saturated heterocycles. The number of alkyl halides is 1. The van der Waals surface area contributed by atoms with E-state index in [1.807, 2.05) is 19.1 Å². The van der Waals surface area contributed by atoms with Crippen molar-refractivity contribution in [1.29, 1.82) is 0 Å². The lowest BCUT2D eigenvalue weighted by molar-refractivity contribution is 1.30. The molecule has 1 aromatic rings. The first kappa shape index (κ1) is 9.59. The average molecular weight is 242 g/mol. The van der Waals surface area contributed by atoms with Crippen molar-refractivity contribution in [2.75, 3.05) is 0 Å². The third kappa shape index (κ3) is 2.01. The van der Waals surface area contributed by atoms with Gasteiger partial charge in [-0.1, -0.05) is 28.1 Å². The maximum atomic E-state index is 4.54. The summed E-state index contributed by atoms with van der Waals surface area (Å²) >= 11 is 7.95. The molecular weight excluding hydrogens is 234 g/mol. The predicted octanol–water partition coefficient (Wildman–Crippen LogP) is 3.62. The maximum Gasteiger partial charge on any atom is 0.0771 e. The molecule has 0 aliphatic carbocycles. The standard InChI is InChI=1S/C9H8BrNS/c1-7-8(5-10)3-2-4-9(7)11-6-12/h2-4H,5H2,1H3. The molecule has 1 rings (SSSR count). The van der Waals surface area contributed by atoms with Crippen molar-refractivity contribution < 1.29 is 0 Å². The fourth-order valence-electron chi connectivity index (χ4n) is 0.985. The second kappa shape index (κ2) is 4.51. The van der Waals surface area contributed by atoms with E-state index < -0.39 is 0 Å². The number of halogens is 1.